The molecule has 1 aromatic rings. The van der Waals surface area contributed by atoms with E-state index in [0.717, 1.165) is 5.01 Å². The van der Waals surface area contributed by atoms with Crippen LogP contribution in [0.15, 0.2) is 17.2 Å². The number of amides is 1. The van der Waals surface area contributed by atoms with Gasteiger partial charge in [-0.2, -0.15) is 5.10 Å². The van der Waals surface area contributed by atoms with E-state index in [1.54, 1.807) is 0 Å². The molecule has 0 aromatic heterocycles. The molecule has 1 aromatic carbocycles. The van der Waals surface area contributed by atoms with Gasteiger partial charge in [-0.15, -0.1) is 0 Å². The van der Waals surface area contributed by atoms with Gasteiger partial charge in [0.2, 0.25) is 5.91 Å². The van der Waals surface area contributed by atoms with Crippen LogP contribution in [-0.4, -0.2) is 28.3 Å². The highest BCUT2D eigenvalue weighted by atomic mass is 19.2. The van der Waals surface area contributed by atoms with Gasteiger partial charge in [0, 0.05) is 18.1 Å². The summed E-state index contributed by atoms with van der Waals surface area (Å²) in [5.41, 5.74) is 0.220. The van der Waals surface area contributed by atoms with Crippen molar-refractivity contribution in [2.45, 2.75) is 19.4 Å². The van der Waals surface area contributed by atoms with E-state index in [4.69, 9.17) is 5.11 Å². The SMILES string of the molecule is O=C1CCC(CO)=NN1Cc1cc(F)c(F)cc1F. The molecular weight excluding hydrogens is 261 g/mol. The van der Waals surface area contributed by atoms with Crippen LogP contribution < -0.4 is 0 Å². The number of carbonyl (C=O) groups is 1. The smallest absolute Gasteiger partial charge is 0.243 e. The normalized spacial score (nSPS) is 15.7. The topological polar surface area (TPSA) is 52.9 Å². The first kappa shape index (κ1) is 13.5. The van der Waals surface area contributed by atoms with E-state index in [0.29, 0.717) is 24.3 Å². The average Bonchev–Trinajstić information content (AvgIpc) is 2.38. The van der Waals surface area contributed by atoms with Crippen molar-refractivity contribution < 1.29 is 23.1 Å². The van der Waals surface area contributed by atoms with Gasteiger partial charge in [0.05, 0.1) is 18.9 Å². The van der Waals surface area contributed by atoms with Gasteiger partial charge < -0.3 is 5.11 Å². The molecule has 0 atom stereocenters. The quantitative estimate of drug-likeness (QED) is 0.849. The van der Waals surface area contributed by atoms with Crippen LogP contribution in [0.3, 0.4) is 0 Å². The molecule has 0 spiro atoms. The fourth-order valence-electron chi connectivity index (χ4n) is 1.74. The number of carbonyl (C=O) groups excluding carboxylic acids is 1. The van der Waals surface area contributed by atoms with Crippen molar-refractivity contribution in [3.8, 4) is 0 Å². The van der Waals surface area contributed by atoms with Crippen molar-refractivity contribution >= 4 is 11.6 Å². The lowest BCUT2D eigenvalue weighted by Gasteiger charge is -2.23. The molecule has 0 unspecified atom stereocenters. The summed E-state index contributed by atoms with van der Waals surface area (Å²) in [5, 5.41) is 13.7. The summed E-state index contributed by atoms with van der Waals surface area (Å²) in [6.45, 7) is -0.602. The molecule has 0 bridgehead atoms. The maximum absolute atomic E-state index is 13.4. The summed E-state index contributed by atoms with van der Waals surface area (Å²) in [4.78, 5) is 11.6. The number of aliphatic hydroxyl groups is 1. The monoisotopic (exact) mass is 272 g/mol. The molecule has 0 saturated carbocycles. The molecule has 1 amide bonds. The molecule has 7 heteroatoms. The summed E-state index contributed by atoms with van der Waals surface area (Å²) in [6.07, 6.45) is 0.483. The fraction of sp³-hybridized carbons (Fsp3) is 0.333. The number of hydrogen-bond donors (Lipinski definition) is 1. The Labute approximate surface area is 107 Å². The summed E-state index contributed by atoms with van der Waals surface area (Å²) in [7, 11) is 0. The number of hydrazone groups is 1. The lowest BCUT2D eigenvalue weighted by Crippen LogP contribution is -2.32. The van der Waals surface area contributed by atoms with Crippen molar-refractivity contribution in [2.24, 2.45) is 5.10 Å². The van der Waals surface area contributed by atoms with Crippen LogP contribution in [0.2, 0.25) is 0 Å². The number of halogens is 3. The van der Waals surface area contributed by atoms with Crippen LogP contribution in [0.4, 0.5) is 13.2 Å². The van der Waals surface area contributed by atoms with Gasteiger partial charge >= 0.3 is 0 Å². The van der Waals surface area contributed by atoms with E-state index in [1.807, 2.05) is 0 Å². The molecule has 102 valence electrons. The highest BCUT2D eigenvalue weighted by Gasteiger charge is 2.22. The van der Waals surface area contributed by atoms with Crippen molar-refractivity contribution in [1.29, 1.82) is 0 Å². The number of benzene rings is 1. The molecular formula is C12H11F3N2O2. The number of nitrogens with zero attached hydrogens (tertiary/aromatic N) is 2. The van der Waals surface area contributed by atoms with Crippen molar-refractivity contribution in [3.05, 3.63) is 35.1 Å². The Morgan fingerprint density at radius 1 is 1.16 bits per heavy atom. The summed E-state index contributed by atoms with van der Waals surface area (Å²) < 4.78 is 39.3. The molecule has 2 rings (SSSR count). The van der Waals surface area contributed by atoms with E-state index >= 15 is 0 Å². The van der Waals surface area contributed by atoms with Gasteiger partial charge in [0.25, 0.3) is 0 Å². The summed E-state index contributed by atoms with van der Waals surface area (Å²) >= 11 is 0. The zero-order chi connectivity index (χ0) is 14.0. The Bertz CT molecular complexity index is 546. The second-order valence-electron chi connectivity index (χ2n) is 4.13. The van der Waals surface area contributed by atoms with Crippen LogP contribution in [0.25, 0.3) is 0 Å². The van der Waals surface area contributed by atoms with Gasteiger partial charge in [-0.05, 0) is 12.5 Å². The second-order valence-corrected chi connectivity index (χ2v) is 4.13. The summed E-state index contributed by atoms with van der Waals surface area (Å²) in [5.74, 6) is -3.78. The van der Waals surface area contributed by atoms with Gasteiger partial charge in [-0.3, -0.25) is 4.79 Å². The van der Waals surface area contributed by atoms with Crippen LogP contribution in [0, 0.1) is 17.5 Å². The Kier molecular flexibility index (Phi) is 3.84. The van der Waals surface area contributed by atoms with E-state index < -0.39 is 17.5 Å². The Morgan fingerprint density at radius 3 is 2.53 bits per heavy atom. The fourth-order valence-corrected chi connectivity index (χ4v) is 1.74. The highest BCUT2D eigenvalue weighted by molar-refractivity contribution is 5.93. The molecule has 0 saturated heterocycles. The minimum Gasteiger partial charge on any atom is -0.390 e. The highest BCUT2D eigenvalue weighted by Crippen LogP contribution is 2.18. The third-order valence-electron chi connectivity index (χ3n) is 2.77. The molecule has 19 heavy (non-hydrogen) atoms. The minimum absolute atomic E-state index is 0.144. The molecule has 0 fully saturated rings. The van der Waals surface area contributed by atoms with E-state index in [2.05, 4.69) is 5.10 Å². The second kappa shape index (κ2) is 5.40. The van der Waals surface area contributed by atoms with Crippen molar-refractivity contribution in [3.63, 3.8) is 0 Å². The Hall–Kier alpha value is -1.89. The maximum atomic E-state index is 13.4. The predicted molar refractivity (Wildman–Crippen MR) is 60.6 cm³/mol. The molecule has 1 heterocycles. The van der Waals surface area contributed by atoms with Crippen molar-refractivity contribution in [2.75, 3.05) is 6.61 Å². The van der Waals surface area contributed by atoms with Gasteiger partial charge in [-0.25, -0.2) is 18.2 Å². The molecule has 1 aliphatic rings. The van der Waals surface area contributed by atoms with Gasteiger partial charge in [0.15, 0.2) is 11.6 Å². The van der Waals surface area contributed by atoms with Crippen molar-refractivity contribution in [1.82, 2.24) is 5.01 Å². The third kappa shape index (κ3) is 2.93. The molecule has 1 N–H and O–H groups in total. The standard InChI is InChI=1S/C12H11F3N2O2/c13-9-4-11(15)10(14)3-7(9)5-17-12(19)2-1-8(6-18)16-17/h3-4,18H,1-2,5-6H2. The Balaban J connectivity index is 2.25. The number of rotatable bonds is 3. The Morgan fingerprint density at radius 2 is 1.84 bits per heavy atom. The lowest BCUT2D eigenvalue weighted by atomic mass is 10.1. The number of aliphatic hydroxyl groups excluding tert-OH is 1. The number of hydrogen-bond acceptors (Lipinski definition) is 3. The van der Waals surface area contributed by atoms with Crippen LogP contribution >= 0.6 is 0 Å². The van der Waals surface area contributed by atoms with E-state index in [9.17, 15) is 18.0 Å². The van der Waals surface area contributed by atoms with Crippen LogP contribution in [0.5, 0.6) is 0 Å². The van der Waals surface area contributed by atoms with Crippen LogP contribution in [0.1, 0.15) is 18.4 Å². The summed E-state index contributed by atoms with van der Waals surface area (Å²) in [6, 6.07) is 1.12. The molecule has 0 radical (unpaired) electrons. The third-order valence-corrected chi connectivity index (χ3v) is 2.77. The lowest BCUT2D eigenvalue weighted by molar-refractivity contribution is -0.132. The maximum Gasteiger partial charge on any atom is 0.243 e. The first-order chi connectivity index (χ1) is 9.01. The van der Waals surface area contributed by atoms with E-state index in [-0.39, 0.29) is 31.0 Å². The molecule has 0 aliphatic carbocycles. The van der Waals surface area contributed by atoms with Gasteiger partial charge in [0.1, 0.15) is 5.82 Å². The largest absolute Gasteiger partial charge is 0.390 e. The zero-order valence-electron chi connectivity index (χ0n) is 9.87. The minimum atomic E-state index is -1.29. The predicted octanol–water partition coefficient (Wildman–Crippen LogP) is 1.57. The first-order valence-electron chi connectivity index (χ1n) is 5.62. The molecule has 1 aliphatic heterocycles. The first-order valence-corrected chi connectivity index (χ1v) is 5.62. The van der Waals surface area contributed by atoms with E-state index in [1.165, 1.54) is 0 Å². The van der Waals surface area contributed by atoms with Gasteiger partial charge in [-0.1, -0.05) is 0 Å². The zero-order valence-corrected chi connectivity index (χ0v) is 9.87. The average molecular weight is 272 g/mol. The van der Waals surface area contributed by atoms with Crippen LogP contribution in [-0.2, 0) is 11.3 Å². The molecule has 4 nitrogen and oxygen atoms in total.